The molecule has 0 aromatic heterocycles. The first kappa shape index (κ1) is 21.6. The molecule has 0 amide bonds. The summed E-state index contributed by atoms with van der Waals surface area (Å²) in [4.78, 5) is 0.282. The van der Waals surface area contributed by atoms with Crippen molar-refractivity contribution >= 4 is 21.4 Å². The summed E-state index contributed by atoms with van der Waals surface area (Å²) in [5.41, 5.74) is 5.82. The highest BCUT2D eigenvalue weighted by Crippen LogP contribution is 2.50. The number of aryl methyl sites for hydroxylation is 2. The minimum atomic E-state index is -3.70. The van der Waals surface area contributed by atoms with Crippen LogP contribution in [0.5, 0.6) is 5.75 Å². The molecule has 2 aliphatic rings. The standard InChI is InChI=1S/C27H28N2O3S/c1-17-7-13-25(18(2)15-17)29-33(30,31)21-12-14-26-24(16-21)22-5-4-6-23(22)27(28-26)19-8-10-20(32-3)11-9-19/h4-5,7-16,22-23,27-29H,6H2,1-3H3/t22-,23+,27+/m0/s1. The number of allylic oxidation sites excluding steroid dienone is 2. The van der Waals surface area contributed by atoms with E-state index in [-0.39, 0.29) is 16.9 Å². The summed E-state index contributed by atoms with van der Waals surface area (Å²) in [5.74, 6) is 1.34. The van der Waals surface area contributed by atoms with Gasteiger partial charge in [0, 0.05) is 11.6 Å². The van der Waals surface area contributed by atoms with Crippen molar-refractivity contribution in [2.75, 3.05) is 17.1 Å². The molecule has 33 heavy (non-hydrogen) atoms. The molecule has 0 saturated heterocycles. The second kappa shape index (κ2) is 8.27. The number of hydrogen-bond acceptors (Lipinski definition) is 4. The van der Waals surface area contributed by atoms with Crippen LogP contribution in [0.3, 0.4) is 0 Å². The van der Waals surface area contributed by atoms with Crippen molar-refractivity contribution in [2.24, 2.45) is 5.92 Å². The van der Waals surface area contributed by atoms with Gasteiger partial charge in [0.1, 0.15) is 5.75 Å². The number of rotatable bonds is 5. The lowest BCUT2D eigenvalue weighted by atomic mass is 9.77. The number of fused-ring (bicyclic) bond motifs is 3. The molecule has 2 N–H and O–H groups in total. The van der Waals surface area contributed by atoms with Gasteiger partial charge in [-0.3, -0.25) is 4.72 Å². The molecule has 170 valence electrons. The summed E-state index contributed by atoms with van der Waals surface area (Å²) >= 11 is 0. The van der Waals surface area contributed by atoms with Crippen molar-refractivity contribution in [3.63, 3.8) is 0 Å². The van der Waals surface area contributed by atoms with Crippen LogP contribution in [0.4, 0.5) is 11.4 Å². The van der Waals surface area contributed by atoms with Gasteiger partial charge in [0.05, 0.1) is 23.7 Å². The third-order valence-electron chi connectivity index (χ3n) is 6.75. The Balaban J connectivity index is 1.47. The van der Waals surface area contributed by atoms with Crippen molar-refractivity contribution in [2.45, 2.75) is 37.1 Å². The van der Waals surface area contributed by atoms with Gasteiger partial charge in [-0.15, -0.1) is 0 Å². The second-order valence-corrected chi connectivity index (χ2v) is 10.6. The minimum Gasteiger partial charge on any atom is -0.497 e. The zero-order valence-corrected chi connectivity index (χ0v) is 19.8. The number of hydrogen-bond donors (Lipinski definition) is 2. The van der Waals surface area contributed by atoms with E-state index in [0.29, 0.717) is 11.6 Å². The summed E-state index contributed by atoms with van der Waals surface area (Å²) in [6, 6.07) is 19.4. The fourth-order valence-corrected chi connectivity index (χ4v) is 6.18. The Bertz CT molecular complexity index is 1330. The molecule has 5 rings (SSSR count). The Hall–Kier alpha value is -3.25. The largest absolute Gasteiger partial charge is 0.497 e. The Morgan fingerprint density at radius 3 is 2.52 bits per heavy atom. The van der Waals surface area contributed by atoms with E-state index < -0.39 is 10.0 Å². The molecule has 0 saturated carbocycles. The van der Waals surface area contributed by atoms with Gasteiger partial charge >= 0.3 is 0 Å². The molecule has 3 aromatic rings. The minimum absolute atomic E-state index is 0.152. The summed E-state index contributed by atoms with van der Waals surface area (Å²) in [5, 5.41) is 3.67. The van der Waals surface area contributed by atoms with Crippen LogP contribution >= 0.6 is 0 Å². The topological polar surface area (TPSA) is 67.4 Å². The highest BCUT2D eigenvalue weighted by molar-refractivity contribution is 7.92. The molecule has 0 radical (unpaired) electrons. The van der Waals surface area contributed by atoms with Crippen molar-refractivity contribution in [3.8, 4) is 5.75 Å². The fraction of sp³-hybridized carbons (Fsp3) is 0.259. The monoisotopic (exact) mass is 460 g/mol. The first-order valence-electron chi connectivity index (χ1n) is 11.2. The molecule has 0 fully saturated rings. The van der Waals surface area contributed by atoms with E-state index in [1.165, 1.54) is 5.56 Å². The number of anilines is 2. The summed E-state index contributed by atoms with van der Waals surface area (Å²) in [6.45, 7) is 3.90. The van der Waals surface area contributed by atoms with Crippen molar-refractivity contribution < 1.29 is 13.2 Å². The third kappa shape index (κ3) is 4.00. The molecule has 0 spiro atoms. The molecule has 3 aromatic carbocycles. The molecular weight excluding hydrogens is 432 g/mol. The summed E-state index contributed by atoms with van der Waals surface area (Å²) in [7, 11) is -2.03. The molecule has 1 aliphatic heterocycles. The molecule has 6 heteroatoms. The number of ether oxygens (including phenoxy) is 1. The quantitative estimate of drug-likeness (QED) is 0.463. The van der Waals surface area contributed by atoms with E-state index in [1.807, 2.05) is 56.3 Å². The lowest BCUT2D eigenvalue weighted by Gasteiger charge is -2.37. The van der Waals surface area contributed by atoms with Gasteiger partial charge in [0.15, 0.2) is 0 Å². The Morgan fingerprint density at radius 1 is 1.00 bits per heavy atom. The Labute approximate surface area is 195 Å². The SMILES string of the molecule is COc1ccc([C@H]2Nc3ccc(S(=O)(=O)Nc4ccc(C)cc4C)cc3[C@H]3C=CC[C@H]32)cc1. The maximum absolute atomic E-state index is 13.2. The van der Waals surface area contributed by atoms with Gasteiger partial charge in [-0.2, -0.15) is 0 Å². The van der Waals surface area contributed by atoms with Crippen LogP contribution in [0.1, 0.15) is 40.6 Å². The molecule has 0 bridgehead atoms. The molecular formula is C27H28N2O3S. The summed E-state index contributed by atoms with van der Waals surface area (Å²) in [6.07, 6.45) is 5.37. The van der Waals surface area contributed by atoms with Gasteiger partial charge in [-0.1, -0.05) is 42.0 Å². The average Bonchev–Trinajstić information content (AvgIpc) is 3.30. The predicted molar refractivity (Wildman–Crippen MR) is 133 cm³/mol. The highest BCUT2D eigenvalue weighted by Gasteiger charge is 2.38. The molecule has 0 unspecified atom stereocenters. The van der Waals surface area contributed by atoms with Crippen molar-refractivity contribution in [3.05, 3.63) is 95.1 Å². The van der Waals surface area contributed by atoms with Crippen molar-refractivity contribution in [1.82, 2.24) is 0 Å². The lowest BCUT2D eigenvalue weighted by molar-refractivity contribution is 0.411. The van der Waals surface area contributed by atoms with Gasteiger partial charge < -0.3 is 10.1 Å². The van der Waals surface area contributed by atoms with Gasteiger partial charge in [0.2, 0.25) is 0 Å². The van der Waals surface area contributed by atoms with E-state index in [2.05, 4.69) is 34.3 Å². The van der Waals surface area contributed by atoms with Crippen molar-refractivity contribution in [1.29, 1.82) is 0 Å². The first-order chi connectivity index (χ1) is 15.9. The number of nitrogens with one attached hydrogen (secondary N) is 2. The maximum atomic E-state index is 13.2. The van der Waals surface area contributed by atoms with E-state index in [9.17, 15) is 8.42 Å². The van der Waals surface area contributed by atoms with Crippen LogP contribution in [-0.2, 0) is 10.0 Å². The fourth-order valence-electron chi connectivity index (χ4n) is 5.01. The van der Waals surface area contributed by atoms with Crippen LogP contribution in [0.25, 0.3) is 0 Å². The van der Waals surface area contributed by atoms with E-state index in [4.69, 9.17) is 4.74 Å². The van der Waals surface area contributed by atoms with Gasteiger partial charge in [-0.05, 0) is 79.3 Å². The summed E-state index contributed by atoms with van der Waals surface area (Å²) < 4.78 is 34.5. The smallest absolute Gasteiger partial charge is 0.261 e. The zero-order valence-electron chi connectivity index (χ0n) is 19.0. The average molecular weight is 461 g/mol. The molecule has 1 aliphatic carbocycles. The van der Waals surface area contributed by atoms with E-state index >= 15 is 0 Å². The van der Waals surface area contributed by atoms with E-state index in [1.54, 1.807) is 13.2 Å². The lowest BCUT2D eigenvalue weighted by Crippen LogP contribution is -2.29. The predicted octanol–water partition coefficient (Wildman–Crippen LogP) is 5.94. The van der Waals surface area contributed by atoms with Gasteiger partial charge in [-0.25, -0.2) is 8.42 Å². The highest BCUT2D eigenvalue weighted by atomic mass is 32.2. The number of methoxy groups -OCH3 is 1. The van der Waals surface area contributed by atoms with Crippen LogP contribution in [0, 0.1) is 19.8 Å². The van der Waals surface area contributed by atoms with Crippen LogP contribution < -0.4 is 14.8 Å². The maximum Gasteiger partial charge on any atom is 0.261 e. The van der Waals surface area contributed by atoms with Crippen LogP contribution in [-0.4, -0.2) is 15.5 Å². The molecule has 5 nitrogen and oxygen atoms in total. The number of sulfonamides is 1. The Kier molecular flexibility index (Phi) is 5.41. The zero-order chi connectivity index (χ0) is 23.2. The van der Waals surface area contributed by atoms with Crippen LogP contribution in [0.2, 0.25) is 0 Å². The second-order valence-electron chi connectivity index (χ2n) is 8.92. The number of benzene rings is 3. The molecule has 3 atom stereocenters. The van der Waals surface area contributed by atoms with E-state index in [0.717, 1.165) is 34.5 Å². The Morgan fingerprint density at radius 2 is 1.79 bits per heavy atom. The van der Waals surface area contributed by atoms with Gasteiger partial charge in [0.25, 0.3) is 10.0 Å². The third-order valence-corrected chi connectivity index (χ3v) is 8.11. The van der Waals surface area contributed by atoms with Crippen LogP contribution in [0.15, 0.2) is 77.7 Å². The molecule has 1 heterocycles. The normalized spacial score (nSPS) is 21.1. The first-order valence-corrected chi connectivity index (χ1v) is 12.7.